The van der Waals surface area contributed by atoms with Crippen molar-refractivity contribution in [1.82, 2.24) is 9.55 Å². The Morgan fingerprint density at radius 3 is 2.30 bits per heavy atom. The number of rotatable bonds is 6. The van der Waals surface area contributed by atoms with Gasteiger partial charge in [0.25, 0.3) is 15.6 Å². The lowest BCUT2D eigenvalue weighted by molar-refractivity contribution is 0.430. The maximum absolute atomic E-state index is 12.7. The van der Waals surface area contributed by atoms with Crippen molar-refractivity contribution in [3.63, 3.8) is 0 Å². The number of aromatic hydroxyl groups is 1. The third-order valence-electron chi connectivity index (χ3n) is 5.66. The molecule has 4 rings (SSSR count). The van der Waals surface area contributed by atoms with Crippen molar-refractivity contribution in [3.8, 4) is 11.6 Å². The molecule has 1 heterocycles. The van der Waals surface area contributed by atoms with Crippen LogP contribution in [0.15, 0.2) is 89.1 Å². The number of benzene rings is 3. The Labute approximate surface area is 228 Å². The molecule has 0 saturated heterocycles. The van der Waals surface area contributed by atoms with Crippen molar-refractivity contribution in [3.05, 3.63) is 107 Å². The highest BCUT2D eigenvalue weighted by molar-refractivity contribution is 9.11. The van der Waals surface area contributed by atoms with Crippen LogP contribution in [0, 0.1) is 13.8 Å². The number of anilines is 1. The highest BCUT2D eigenvalue weighted by Gasteiger charge is 2.18. The molecular formula is C25H20Br2N4O5S. The van der Waals surface area contributed by atoms with E-state index in [0.717, 1.165) is 26.4 Å². The van der Waals surface area contributed by atoms with E-state index < -0.39 is 27.2 Å². The van der Waals surface area contributed by atoms with Crippen LogP contribution in [0.2, 0.25) is 0 Å². The van der Waals surface area contributed by atoms with Crippen molar-refractivity contribution in [2.75, 3.05) is 4.72 Å². The average molecular weight is 648 g/mol. The molecule has 0 spiro atoms. The van der Waals surface area contributed by atoms with E-state index in [0.29, 0.717) is 21.5 Å². The molecule has 0 aliphatic carbocycles. The summed E-state index contributed by atoms with van der Waals surface area (Å²) in [6.07, 6.45) is 1.12. The smallest absolute Gasteiger partial charge is 0.335 e. The number of H-pyrrole nitrogens is 1. The predicted octanol–water partition coefficient (Wildman–Crippen LogP) is 4.92. The molecule has 0 radical (unpaired) electrons. The second-order valence-electron chi connectivity index (χ2n) is 7.99. The predicted molar refractivity (Wildman–Crippen MR) is 150 cm³/mol. The third-order valence-corrected chi connectivity index (χ3v) is 8.59. The third kappa shape index (κ3) is 5.45. The number of aromatic nitrogens is 2. The molecule has 3 aromatic carbocycles. The second kappa shape index (κ2) is 10.5. The Balaban J connectivity index is 1.66. The summed E-state index contributed by atoms with van der Waals surface area (Å²) in [7, 11) is -3.85. The summed E-state index contributed by atoms with van der Waals surface area (Å²) in [6, 6.07) is 15.8. The number of sulfonamides is 1. The van der Waals surface area contributed by atoms with E-state index in [4.69, 9.17) is 0 Å². The summed E-state index contributed by atoms with van der Waals surface area (Å²) in [4.78, 5) is 31.4. The van der Waals surface area contributed by atoms with Crippen LogP contribution in [0.25, 0.3) is 5.69 Å². The minimum Gasteiger partial charge on any atom is -0.493 e. The van der Waals surface area contributed by atoms with Crippen LogP contribution >= 0.6 is 31.9 Å². The summed E-state index contributed by atoms with van der Waals surface area (Å²) in [6.45, 7) is 3.65. The zero-order valence-electron chi connectivity index (χ0n) is 19.5. The molecule has 12 heteroatoms. The number of nitrogens with one attached hydrogen (secondary N) is 2. The van der Waals surface area contributed by atoms with E-state index in [1.807, 2.05) is 6.92 Å². The lowest BCUT2D eigenvalue weighted by Gasteiger charge is -2.14. The number of nitrogens with zero attached hydrogens (tertiary/aromatic N) is 2. The summed E-state index contributed by atoms with van der Waals surface area (Å²) in [5.74, 6) is -0.570. The molecule has 1 aromatic heterocycles. The Kier molecular flexibility index (Phi) is 7.53. The minimum absolute atomic E-state index is 0.0116. The molecule has 0 saturated carbocycles. The quantitative estimate of drug-likeness (QED) is 0.255. The van der Waals surface area contributed by atoms with Crippen LogP contribution in [-0.4, -0.2) is 29.3 Å². The van der Waals surface area contributed by atoms with Gasteiger partial charge in [0, 0.05) is 15.2 Å². The largest absolute Gasteiger partial charge is 0.493 e. The standard InChI is InChI=1S/C25H20Br2N4O5S/c1-14-15(2)22(12-11-19(14)26)31-24(33)18(23(32)29-25(31)34)13-28-16-7-9-17(10-8-16)37(35,36)30-21-6-4-3-5-20(21)27/h3-13,30,33H,1-2H3,(H,29,32,34). The number of hydrogen-bond donors (Lipinski definition) is 3. The molecule has 9 nitrogen and oxygen atoms in total. The summed E-state index contributed by atoms with van der Waals surface area (Å²) in [5, 5.41) is 10.8. The number of aliphatic imine (C=N–C) groups is 1. The molecule has 0 unspecified atom stereocenters. The molecule has 0 aliphatic heterocycles. The van der Waals surface area contributed by atoms with Gasteiger partial charge < -0.3 is 5.11 Å². The van der Waals surface area contributed by atoms with Gasteiger partial charge in [0.1, 0.15) is 5.56 Å². The molecule has 4 aromatic rings. The molecular weight excluding hydrogens is 628 g/mol. The number of halogens is 2. The fourth-order valence-corrected chi connectivity index (χ4v) is 5.52. The second-order valence-corrected chi connectivity index (χ2v) is 11.4. The van der Waals surface area contributed by atoms with E-state index in [9.17, 15) is 23.1 Å². The Morgan fingerprint density at radius 2 is 1.62 bits per heavy atom. The summed E-state index contributed by atoms with van der Waals surface area (Å²) < 4.78 is 30.4. The monoisotopic (exact) mass is 646 g/mol. The van der Waals surface area contributed by atoms with Gasteiger partial charge >= 0.3 is 5.69 Å². The van der Waals surface area contributed by atoms with Crippen molar-refractivity contribution in [2.24, 2.45) is 4.99 Å². The van der Waals surface area contributed by atoms with Crippen LogP contribution in [0.1, 0.15) is 16.7 Å². The maximum Gasteiger partial charge on any atom is 0.335 e. The van der Waals surface area contributed by atoms with Gasteiger partial charge in [0.2, 0.25) is 5.88 Å². The van der Waals surface area contributed by atoms with Crippen LogP contribution in [-0.2, 0) is 10.0 Å². The first-order valence-corrected chi connectivity index (χ1v) is 13.8. The van der Waals surface area contributed by atoms with Crippen LogP contribution in [0.4, 0.5) is 11.4 Å². The first kappa shape index (κ1) is 26.6. The fraction of sp³-hybridized carbons (Fsp3) is 0.0800. The number of aromatic amines is 1. The van der Waals surface area contributed by atoms with Gasteiger partial charge in [-0.3, -0.25) is 19.5 Å². The molecule has 0 aliphatic rings. The number of para-hydroxylation sites is 1. The molecule has 0 bridgehead atoms. The topological polar surface area (TPSA) is 134 Å². The zero-order valence-corrected chi connectivity index (χ0v) is 23.5. The number of hydrogen-bond acceptors (Lipinski definition) is 6. The van der Waals surface area contributed by atoms with Crippen LogP contribution in [0.3, 0.4) is 0 Å². The van der Waals surface area contributed by atoms with E-state index in [1.54, 1.807) is 43.3 Å². The first-order chi connectivity index (χ1) is 17.5. The molecule has 0 atom stereocenters. The van der Waals surface area contributed by atoms with Crippen molar-refractivity contribution >= 4 is 59.5 Å². The van der Waals surface area contributed by atoms with Crippen molar-refractivity contribution in [2.45, 2.75) is 18.7 Å². The normalized spacial score (nSPS) is 11.7. The summed E-state index contributed by atoms with van der Waals surface area (Å²) in [5.41, 5.74) is 0.886. The highest BCUT2D eigenvalue weighted by atomic mass is 79.9. The molecule has 0 fully saturated rings. The molecule has 190 valence electrons. The Hall–Kier alpha value is -3.48. The molecule has 0 amide bonds. The lowest BCUT2D eigenvalue weighted by Crippen LogP contribution is -2.31. The maximum atomic E-state index is 12.7. The Bertz CT molecular complexity index is 1760. The van der Waals surface area contributed by atoms with Crippen molar-refractivity contribution in [1.29, 1.82) is 0 Å². The van der Waals surface area contributed by atoms with Gasteiger partial charge in [-0.05, 0) is 89.4 Å². The van der Waals surface area contributed by atoms with Gasteiger partial charge in [-0.15, -0.1) is 0 Å². The van der Waals surface area contributed by atoms with Gasteiger partial charge in [-0.25, -0.2) is 17.8 Å². The zero-order chi connectivity index (χ0) is 26.9. The van der Waals surface area contributed by atoms with E-state index in [2.05, 4.69) is 46.6 Å². The van der Waals surface area contributed by atoms with Gasteiger partial charge in [-0.1, -0.05) is 28.1 Å². The van der Waals surface area contributed by atoms with Crippen LogP contribution in [0.5, 0.6) is 5.88 Å². The lowest BCUT2D eigenvalue weighted by atomic mass is 10.1. The van der Waals surface area contributed by atoms with Gasteiger partial charge in [0.15, 0.2) is 0 Å². The molecule has 37 heavy (non-hydrogen) atoms. The van der Waals surface area contributed by atoms with Crippen molar-refractivity contribution < 1.29 is 13.5 Å². The Morgan fingerprint density at radius 1 is 0.946 bits per heavy atom. The summed E-state index contributed by atoms with van der Waals surface area (Å²) >= 11 is 6.74. The van der Waals surface area contributed by atoms with E-state index in [1.165, 1.54) is 24.3 Å². The highest BCUT2D eigenvalue weighted by Crippen LogP contribution is 2.27. The van der Waals surface area contributed by atoms with Crippen LogP contribution < -0.4 is 16.0 Å². The van der Waals surface area contributed by atoms with Gasteiger partial charge in [0.05, 0.1) is 22.0 Å². The minimum atomic E-state index is -3.85. The SMILES string of the molecule is Cc1c(Br)ccc(-n2c(O)c(C=Nc3ccc(S(=O)(=O)Nc4ccccc4Br)cc3)c(=O)[nH]c2=O)c1C. The average Bonchev–Trinajstić information content (AvgIpc) is 2.85. The van der Waals surface area contributed by atoms with E-state index >= 15 is 0 Å². The molecule has 3 N–H and O–H groups in total. The first-order valence-electron chi connectivity index (χ1n) is 10.8. The van der Waals surface area contributed by atoms with E-state index in [-0.39, 0.29) is 10.5 Å². The van der Waals surface area contributed by atoms with Gasteiger partial charge in [-0.2, -0.15) is 0 Å². The fourth-order valence-electron chi connectivity index (χ4n) is 3.49.